The third-order valence-electron chi connectivity index (χ3n) is 1.33. The number of nitrogens with zero attached hydrogens (tertiary/aromatic N) is 1. The Balaban J connectivity index is 2.60. The van der Waals surface area contributed by atoms with E-state index in [1.165, 1.54) is 6.20 Å². The number of hydrogen-bond acceptors (Lipinski definition) is 3. The van der Waals surface area contributed by atoms with Gasteiger partial charge >= 0.3 is 7.82 Å². The van der Waals surface area contributed by atoms with Crippen molar-refractivity contribution in [2.45, 2.75) is 13.5 Å². The van der Waals surface area contributed by atoms with Gasteiger partial charge in [0.2, 0.25) is 0 Å². The lowest BCUT2D eigenvalue weighted by Gasteiger charge is -2.04. The first kappa shape index (κ1) is 10.3. The summed E-state index contributed by atoms with van der Waals surface area (Å²) in [5.74, 6) is 0. The molecule has 0 radical (unpaired) electrons. The fourth-order valence-corrected chi connectivity index (χ4v) is 1.17. The second kappa shape index (κ2) is 3.98. The number of hydrogen-bond donors (Lipinski definition) is 2. The molecule has 5 nitrogen and oxygen atoms in total. The van der Waals surface area contributed by atoms with Crippen LogP contribution in [-0.2, 0) is 15.7 Å². The fourth-order valence-electron chi connectivity index (χ4n) is 0.855. The summed E-state index contributed by atoms with van der Waals surface area (Å²) in [4.78, 5) is 20.7. The lowest BCUT2D eigenvalue weighted by molar-refractivity contribution is 0.189. The highest BCUT2D eigenvalue weighted by Gasteiger charge is 2.13. The van der Waals surface area contributed by atoms with Crippen LogP contribution in [0.5, 0.6) is 0 Å². The highest BCUT2D eigenvalue weighted by atomic mass is 31.2. The van der Waals surface area contributed by atoms with Gasteiger partial charge in [0.25, 0.3) is 0 Å². The Labute approximate surface area is 75.6 Å². The molecule has 0 bridgehead atoms. The number of rotatable bonds is 3. The molecule has 0 fully saturated rings. The van der Waals surface area contributed by atoms with Crippen LogP contribution in [0.1, 0.15) is 11.1 Å². The van der Waals surface area contributed by atoms with Crippen molar-refractivity contribution in [2.75, 3.05) is 0 Å². The maximum atomic E-state index is 10.3. The van der Waals surface area contributed by atoms with Gasteiger partial charge in [0.15, 0.2) is 0 Å². The molecular formula is C7H10NO4P. The quantitative estimate of drug-likeness (QED) is 0.716. The highest BCUT2D eigenvalue weighted by molar-refractivity contribution is 7.46. The molecule has 72 valence electrons. The van der Waals surface area contributed by atoms with Crippen molar-refractivity contribution in [1.82, 2.24) is 4.98 Å². The van der Waals surface area contributed by atoms with Crippen LogP contribution in [-0.4, -0.2) is 14.8 Å². The lowest BCUT2D eigenvalue weighted by atomic mass is 10.2. The number of pyridine rings is 1. The standard InChI is InChI=1S/C7H10NO4P/c1-6-2-7(4-8-3-6)5-12-13(9,10)11/h2-4H,5H2,1H3,(H2,9,10,11). The van der Waals surface area contributed by atoms with Gasteiger partial charge in [0.05, 0.1) is 6.61 Å². The maximum Gasteiger partial charge on any atom is 0.469 e. The third-order valence-corrected chi connectivity index (χ3v) is 1.80. The monoisotopic (exact) mass is 203 g/mol. The molecule has 0 amide bonds. The summed E-state index contributed by atoms with van der Waals surface area (Å²) in [6, 6.07) is 1.75. The predicted molar refractivity (Wildman–Crippen MR) is 45.8 cm³/mol. The van der Waals surface area contributed by atoms with Crippen LogP contribution in [0.15, 0.2) is 18.5 Å². The first-order valence-corrected chi connectivity index (χ1v) is 5.11. The number of phosphoric acid groups is 1. The molecule has 2 N–H and O–H groups in total. The van der Waals surface area contributed by atoms with Crippen molar-refractivity contribution in [3.8, 4) is 0 Å². The zero-order valence-electron chi connectivity index (χ0n) is 7.04. The van der Waals surface area contributed by atoms with Gasteiger partial charge in [-0.25, -0.2) is 4.57 Å². The van der Waals surface area contributed by atoms with Gasteiger partial charge in [-0.15, -0.1) is 0 Å². The first-order chi connectivity index (χ1) is 5.97. The molecule has 1 aromatic heterocycles. The van der Waals surface area contributed by atoms with E-state index >= 15 is 0 Å². The molecule has 13 heavy (non-hydrogen) atoms. The molecule has 0 saturated carbocycles. The Kier molecular flexibility index (Phi) is 3.17. The summed E-state index contributed by atoms with van der Waals surface area (Å²) < 4.78 is 14.6. The molecule has 1 heterocycles. The summed E-state index contributed by atoms with van der Waals surface area (Å²) in [5.41, 5.74) is 1.56. The van der Waals surface area contributed by atoms with E-state index in [1.54, 1.807) is 12.3 Å². The van der Waals surface area contributed by atoms with Crippen molar-refractivity contribution < 1.29 is 18.9 Å². The van der Waals surface area contributed by atoms with Gasteiger partial charge in [0.1, 0.15) is 0 Å². The van der Waals surface area contributed by atoms with E-state index in [-0.39, 0.29) is 6.61 Å². The third kappa shape index (κ3) is 4.15. The molecule has 6 heteroatoms. The topological polar surface area (TPSA) is 79.7 Å². The van der Waals surface area contributed by atoms with Crippen LogP contribution in [0.2, 0.25) is 0 Å². The smallest absolute Gasteiger partial charge is 0.303 e. The Morgan fingerprint density at radius 2 is 2.23 bits per heavy atom. The second-order valence-corrected chi connectivity index (χ2v) is 3.87. The molecule has 0 aliphatic carbocycles. The van der Waals surface area contributed by atoms with Gasteiger partial charge in [-0.3, -0.25) is 9.51 Å². The average Bonchev–Trinajstić information content (AvgIpc) is 2.00. The molecule has 0 aliphatic rings. The van der Waals surface area contributed by atoms with E-state index in [0.29, 0.717) is 5.56 Å². The van der Waals surface area contributed by atoms with E-state index < -0.39 is 7.82 Å². The van der Waals surface area contributed by atoms with Crippen LogP contribution in [0, 0.1) is 6.92 Å². The number of aryl methyl sites for hydroxylation is 1. The van der Waals surface area contributed by atoms with E-state index in [1.807, 2.05) is 6.92 Å². The summed E-state index contributed by atoms with van der Waals surface area (Å²) in [5, 5.41) is 0. The fraction of sp³-hybridized carbons (Fsp3) is 0.286. The minimum Gasteiger partial charge on any atom is -0.303 e. The molecular weight excluding hydrogens is 193 g/mol. The molecule has 0 atom stereocenters. The minimum atomic E-state index is -4.37. The van der Waals surface area contributed by atoms with E-state index in [2.05, 4.69) is 9.51 Å². The Bertz CT molecular complexity index is 335. The minimum absolute atomic E-state index is 0.126. The van der Waals surface area contributed by atoms with Crippen LogP contribution >= 0.6 is 7.82 Å². The van der Waals surface area contributed by atoms with Gasteiger partial charge in [-0.1, -0.05) is 6.07 Å². The van der Waals surface area contributed by atoms with Crippen molar-refractivity contribution in [3.63, 3.8) is 0 Å². The van der Waals surface area contributed by atoms with Gasteiger partial charge in [-0.05, 0) is 18.1 Å². The summed E-state index contributed by atoms with van der Waals surface area (Å²) in [7, 11) is -4.37. The van der Waals surface area contributed by atoms with Crippen molar-refractivity contribution in [1.29, 1.82) is 0 Å². The van der Waals surface area contributed by atoms with Crippen molar-refractivity contribution >= 4 is 7.82 Å². The summed E-state index contributed by atoms with van der Waals surface area (Å²) in [6.07, 6.45) is 3.16. The molecule has 1 rings (SSSR count). The SMILES string of the molecule is Cc1cncc(COP(=O)(O)O)c1. The Hall–Kier alpha value is -0.740. The Morgan fingerprint density at radius 1 is 1.54 bits per heavy atom. The van der Waals surface area contributed by atoms with E-state index in [9.17, 15) is 4.57 Å². The van der Waals surface area contributed by atoms with Gasteiger partial charge < -0.3 is 9.79 Å². The predicted octanol–water partition coefficient (Wildman–Crippen LogP) is 0.999. The zero-order valence-corrected chi connectivity index (χ0v) is 7.94. The number of phosphoric ester groups is 1. The molecule has 0 aromatic carbocycles. The molecule has 0 aliphatic heterocycles. The largest absolute Gasteiger partial charge is 0.469 e. The summed E-state index contributed by atoms with van der Waals surface area (Å²) >= 11 is 0. The molecule has 0 saturated heterocycles. The zero-order chi connectivity index (χ0) is 9.90. The van der Waals surface area contributed by atoms with Crippen molar-refractivity contribution in [2.24, 2.45) is 0 Å². The number of aromatic nitrogens is 1. The summed E-state index contributed by atoms with van der Waals surface area (Å²) in [6.45, 7) is 1.72. The van der Waals surface area contributed by atoms with Gasteiger partial charge in [-0.2, -0.15) is 0 Å². The van der Waals surface area contributed by atoms with Crippen LogP contribution < -0.4 is 0 Å². The van der Waals surface area contributed by atoms with Crippen LogP contribution in [0.4, 0.5) is 0 Å². The molecule has 0 spiro atoms. The lowest BCUT2D eigenvalue weighted by Crippen LogP contribution is -1.92. The normalized spacial score (nSPS) is 11.6. The van der Waals surface area contributed by atoms with E-state index in [0.717, 1.165) is 5.56 Å². The molecule has 0 unspecified atom stereocenters. The van der Waals surface area contributed by atoms with Crippen LogP contribution in [0.3, 0.4) is 0 Å². The van der Waals surface area contributed by atoms with Crippen LogP contribution in [0.25, 0.3) is 0 Å². The highest BCUT2D eigenvalue weighted by Crippen LogP contribution is 2.36. The second-order valence-electron chi connectivity index (χ2n) is 2.63. The molecule has 1 aromatic rings. The van der Waals surface area contributed by atoms with Gasteiger partial charge in [0, 0.05) is 12.4 Å². The first-order valence-electron chi connectivity index (χ1n) is 3.58. The Morgan fingerprint density at radius 3 is 2.77 bits per heavy atom. The maximum absolute atomic E-state index is 10.3. The van der Waals surface area contributed by atoms with Crippen molar-refractivity contribution in [3.05, 3.63) is 29.6 Å². The van der Waals surface area contributed by atoms with E-state index in [4.69, 9.17) is 9.79 Å². The average molecular weight is 203 g/mol.